The van der Waals surface area contributed by atoms with Gasteiger partial charge in [-0.25, -0.2) is 0 Å². The lowest BCUT2D eigenvalue weighted by Gasteiger charge is -2.08. The molecule has 0 spiro atoms. The molecular weight excluding hydrogens is 360 g/mol. The predicted octanol–water partition coefficient (Wildman–Crippen LogP) is 2.28. The number of non-ortho nitro benzene ring substituents is 1. The first-order valence-corrected chi connectivity index (χ1v) is 8.82. The van der Waals surface area contributed by atoms with E-state index in [2.05, 4.69) is 4.72 Å². The molecule has 130 valence electrons. The van der Waals surface area contributed by atoms with E-state index < -0.39 is 44.2 Å². The highest BCUT2D eigenvalue weighted by Gasteiger charge is 2.30. The van der Waals surface area contributed by atoms with Crippen LogP contribution in [0.25, 0.3) is 0 Å². The number of carbonyl (C=O) groups excluding carboxylic acids is 2. The highest BCUT2D eigenvalue weighted by atomic mass is 33.1. The van der Waals surface area contributed by atoms with Gasteiger partial charge in [0, 0.05) is 22.8 Å². The first kappa shape index (κ1) is 19.7. The van der Waals surface area contributed by atoms with Gasteiger partial charge in [-0.3, -0.25) is 34.5 Å². The molecule has 0 heterocycles. The zero-order chi connectivity index (χ0) is 18.4. The summed E-state index contributed by atoms with van der Waals surface area (Å²) in [6.07, 6.45) is 0. The van der Waals surface area contributed by atoms with Gasteiger partial charge in [0.05, 0.1) is 21.5 Å². The number of nitro groups is 2. The normalized spacial score (nSPS) is 10.5. The Hall–Kier alpha value is -2.34. The Labute approximate surface area is 144 Å². The SMILES string of the molecule is CC(C)CSSNC(=O)c1c(C(N)=O)cc([N+](=O)[O-])cc1[N+](=O)[O-]. The highest BCUT2D eigenvalue weighted by molar-refractivity contribution is 8.76. The molecule has 1 aromatic carbocycles. The van der Waals surface area contributed by atoms with Gasteiger partial charge in [-0.15, -0.1) is 0 Å². The van der Waals surface area contributed by atoms with Crippen LogP contribution in [-0.4, -0.2) is 27.4 Å². The van der Waals surface area contributed by atoms with Crippen molar-refractivity contribution in [2.45, 2.75) is 13.8 Å². The quantitative estimate of drug-likeness (QED) is 0.230. The number of rotatable bonds is 8. The molecule has 2 amide bonds. The minimum Gasteiger partial charge on any atom is -0.366 e. The molecular formula is C12H14N4O6S2. The number of nitrogens with zero attached hydrogens (tertiary/aromatic N) is 2. The molecule has 0 bridgehead atoms. The third-order valence-corrected chi connectivity index (χ3v) is 4.80. The van der Waals surface area contributed by atoms with Crippen molar-refractivity contribution in [3.63, 3.8) is 0 Å². The molecule has 12 heteroatoms. The molecule has 1 rings (SSSR count). The molecule has 24 heavy (non-hydrogen) atoms. The van der Waals surface area contributed by atoms with Gasteiger partial charge in [0.25, 0.3) is 17.3 Å². The van der Waals surface area contributed by atoms with Crippen LogP contribution in [0.15, 0.2) is 12.1 Å². The van der Waals surface area contributed by atoms with E-state index in [1.165, 1.54) is 10.8 Å². The summed E-state index contributed by atoms with van der Waals surface area (Å²) in [5, 5.41) is 22.0. The van der Waals surface area contributed by atoms with E-state index >= 15 is 0 Å². The van der Waals surface area contributed by atoms with Crippen molar-refractivity contribution < 1.29 is 19.4 Å². The number of nitrogens with one attached hydrogen (secondary N) is 1. The van der Waals surface area contributed by atoms with E-state index in [1.807, 2.05) is 13.8 Å². The summed E-state index contributed by atoms with van der Waals surface area (Å²) in [5.74, 6) is -1.01. The van der Waals surface area contributed by atoms with Gasteiger partial charge >= 0.3 is 0 Å². The van der Waals surface area contributed by atoms with Gasteiger partial charge in [0.15, 0.2) is 0 Å². The fraction of sp³-hybridized carbons (Fsp3) is 0.333. The average Bonchev–Trinajstić information content (AvgIpc) is 2.49. The lowest BCUT2D eigenvalue weighted by molar-refractivity contribution is -0.394. The summed E-state index contributed by atoms with van der Waals surface area (Å²) in [5.41, 5.74) is 2.37. The number of hydrogen-bond acceptors (Lipinski definition) is 8. The first-order valence-electron chi connectivity index (χ1n) is 6.50. The maximum atomic E-state index is 12.2. The number of nitrogens with two attached hydrogens (primary N) is 1. The first-order chi connectivity index (χ1) is 11.1. The number of amides is 2. The molecule has 0 atom stereocenters. The van der Waals surface area contributed by atoms with Crippen molar-refractivity contribution in [1.29, 1.82) is 0 Å². The van der Waals surface area contributed by atoms with Crippen molar-refractivity contribution in [1.82, 2.24) is 4.72 Å². The minimum absolute atomic E-state index is 0.370. The lowest BCUT2D eigenvalue weighted by atomic mass is 10.0. The molecule has 0 radical (unpaired) electrons. The zero-order valence-corrected chi connectivity index (χ0v) is 14.3. The van der Waals surface area contributed by atoms with Crippen LogP contribution in [0, 0.1) is 26.1 Å². The number of primary amides is 1. The zero-order valence-electron chi connectivity index (χ0n) is 12.7. The van der Waals surface area contributed by atoms with Crippen LogP contribution in [0.5, 0.6) is 0 Å². The van der Waals surface area contributed by atoms with Gasteiger partial charge in [-0.05, 0) is 5.92 Å². The Bertz CT molecular complexity index is 659. The molecule has 0 aliphatic rings. The van der Waals surface area contributed by atoms with E-state index in [-0.39, 0.29) is 0 Å². The van der Waals surface area contributed by atoms with Gasteiger partial charge in [0.1, 0.15) is 5.56 Å². The summed E-state index contributed by atoms with van der Waals surface area (Å²) in [7, 11) is 2.26. The number of benzene rings is 1. The average molecular weight is 374 g/mol. The van der Waals surface area contributed by atoms with Crippen molar-refractivity contribution >= 4 is 45.0 Å². The monoisotopic (exact) mass is 374 g/mol. The molecule has 10 nitrogen and oxygen atoms in total. The molecule has 3 N–H and O–H groups in total. The van der Waals surface area contributed by atoms with Crippen LogP contribution < -0.4 is 10.5 Å². The van der Waals surface area contributed by atoms with Gasteiger partial charge < -0.3 is 5.73 Å². The van der Waals surface area contributed by atoms with Crippen LogP contribution in [0.1, 0.15) is 34.6 Å². The maximum absolute atomic E-state index is 12.2. The second-order valence-electron chi connectivity index (χ2n) is 4.96. The van der Waals surface area contributed by atoms with E-state index in [0.717, 1.165) is 22.8 Å². The molecule has 0 aliphatic heterocycles. The number of nitro benzene ring substituents is 2. The van der Waals surface area contributed by atoms with Crippen molar-refractivity contribution in [2.24, 2.45) is 11.7 Å². The van der Waals surface area contributed by atoms with E-state index in [1.54, 1.807) is 0 Å². The van der Waals surface area contributed by atoms with E-state index in [9.17, 15) is 29.8 Å². The summed E-state index contributed by atoms with van der Waals surface area (Å²) in [6, 6.07) is 1.36. The fourth-order valence-electron chi connectivity index (χ4n) is 1.58. The van der Waals surface area contributed by atoms with Gasteiger partial charge in [0.2, 0.25) is 5.91 Å². The Balaban J connectivity index is 3.23. The summed E-state index contributed by atoms with van der Waals surface area (Å²) < 4.78 is 2.35. The second kappa shape index (κ2) is 8.49. The van der Waals surface area contributed by atoms with Crippen LogP contribution in [0.2, 0.25) is 0 Å². The van der Waals surface area contributed by atoms with Crippen molar-refractivity contribution in [3.05, 3.63) is 43.5 Å². The Morgan fingerprint density at radius 1 is 1.25 bits per heavy atom. The Morgan fingerprint density at radius 3 is 2.33 bits per heavy atom. The smallest absolute Gasteiger partial charge is 0.289 e. The van der Waals surface area contributed by atoms with Crippen LogP contribution in [0.3, 0.4) is 0 Å². The summed E-state index contributed by atoms with van der Waals surface area (Å²) in [6.45, 7) is 3.95. The molecule has 1 aromatic rings. The van der Waals surface area contributed by atoms with Crippen LogP contribution >= 0.6 is 21.8 Å². The van der Waals surface area contributed by atoms with Crippen molar-refractivity contribution in [2.75, 3.05) is 5.75 Å². The fourth-order valence-corrected chi connectivity index (χ4v) is 3.58. The molecule has 0 aliphatic carbocycles. The predicted molar refractivity (Wildman–Crippen MR) is 90.6 cm³/mol. The molecule has 0 saturated carbocycles. The van der Waals surface area contributed by atoms with Crippen molar-refractivity contribution in [3.8, 4) is 0 Å². The maximum Gasteiger partial charge on any atom is 0.289 e. The third kappa shape index (κ3) is 5.09. The van der Waals surface area contributed by atoms with Crippen LogP contribution in [-0.2, 0) is 0 Å². The van der Waals surface area contributed by atoms with E-state index in [0.29, 0.717) is 12.0 Å². The van der Waals surface area contributed by atoms with E-state index in [4.69, 9.17) is 5.73 Å². The molecule has 0 aromatic heterocycles. The Kier molecular flexibility index (Phi) is 6.97. The molecule has 0 unspecified atom stereocenters. The lowest BCUT2D eigenvalue weighted by Crippen LogP contribution is -2.23. The molecule has 0 fully saturated rings. The minimum atomic E-state index is -1.17. The summed E-state index contributed by atoms with van der Waals surface area (Å²) >= 11 is 0. The second-order valence-corrected chi connectivity index (χ2v) is 7.11. The highest BCUT2D eigenvalue weighted by Crippen LogP contribution is 2.30. The topological polar surface area (TPSA) is 158 Å². The molecule has 0 saturated heterocycles. The van der Waals surface area contributed by atoms with Gasteiger partial charge in [-0.2, -0.15) is 0 Å². The van der Waals surface area contributed by atoms with Crippen LogP contribution in [0.4, 0.5) is 11.4 Å². The van der Waals surface area contributed by atoms with Gasteiger partial charge in [-0.1, -0.05) is 24.6 Å². The third-order valence-electron chi connectivity index (χ3n) is 2.60. The number of hydrogen-bond donors (Lipinski definition) is 2. The Morgan fingerprint density at radius 2 is 1.88 bits per heavy atom. The largest absolute Gasteiger partial charge is 0.366 e. The standard InChI is InChI=1S/C12H14N4O6S2/c1-6(2)5-23-24-14-12(18)10-8(11(13)17)3-7(15(19)20)4-9(10)16(21)22/h3-4,6H,5H2,1-2H3,(H2,13,17)(H,14,18). The number of carbonyl (C=O) groups is 2. The summed E-state index contributed by atoms with van der Waals surface area (Å²) in [4.78, 5) is 43.8.